The molecule has 2 rings (SSSR count). The minimum Gasteiger partial charge on any atom is -0.315 e. The highest BCUT2D eigenvalue weighted by Crippen LogP contribution is 2.19. The minimum absolute atomic E-state index is 0.0809. The van der Waals surface area contributed by atoms with Crippen LogP contribution in [0.2, 0.25) is 5.02 Å². The van der Waals surface area contributed by atoms with Crippen molar-refractivity contribution in [2.75, 3.05) is 5.32 Å². The maximum atomic E-state index is 11.9. The molecule has 0 spiro atoms. The molecule has 1 heterocycles. The number of hydrogen-bond donors (Lipinski definition) is 1. The Hall–Kier alpha value is -1.52. The number of aromatic nitrogens is 1. The largest absolute Gasteiger partial charge is 0.315 e. The Labute approximate surface area is 127 Å². The highest BCUT2D eigenvalue weighted by Gasteiger charge is 2.07. The van der Waals surface area contributed by atoms with Gasteiger partial charge in [-0.25, -0.2) is 0 Å². The molecule has 1 N–H and O–H groups in total. The molecule has 3 nitrogen and oxygen atoms in total. The first-order valence-electron chi connectivity index (χ1n) is 6.31. The molecule has 20 heavy (non-hydrogen) atoms. The van der Waals surface area contributed by atoms with Crippen molar-refractivity contribution < 1.29 is 4.79 Å². The number of aryl methyl sites for hydroxylation is 1. The number of benzene rings is 1. The number of pyridine rings is 1. The van der Waals surface area contributed by atoms with E-state index >= 15 is 0 Å². The molecule has 0 radical (unpaired) electrons. The fourth-order valence-electron chi connectivity index (χ4n) is 1.71. The van der Waals surface area contributed by atoms with Crippen LogP contribution in [0.15, 0.2) is 42.6 Å². The van der Waals surface area contributed by atoms with Gasteiger partial charge in [-0.3, -0.25) is 9.78 Å². The normalized spacial score (nSPS) is 10.3. The van der Waals surface area contributed by atoms with Gasteiger partial charge in [-0.1, -0.05) is 42.4 Å². The van der Waals surface area contributed by atoms with Gasteiger partial charge in [0.25, 0.3) is 5.24 Å². The van der Waals surface area contributed by atoms with Crippen LogP contribution in [0.4, 0.5) is 10.5 Å². The summed E-state index contributed by atoms with van der Waals surface area (Å²) >= 11 is 7.05. The number of amides is 1. The van der Waals surface area contributed by atoms with Crippen molar-refractivity contribution in [1.82, 2.24) is 4.98 Å². The molecule has 104 valence electrons. The minimum atomic E-state index is -0.0809. The van der Waals surface area contributed by atoms with Gasteiger partial charge in [0.15, 0.2) is 0 Å². The Morgan fingerprint density at radius 1 is 1.30 bits per heavy atom. The van der Waals surface area contributed by atoms with E-state index in [1.165, 1.54) is 11.8 Å². The molecule has 0 atom stereocenters. The Balaban J connectivity index is 1.91. The summed E-state index contributed by atoms with van der Waals surface area (Å²) in [6.07, 6.45) is 2.52. The quantitative estimate of drug-likeness (QED) is 0.885. The maximum Gasteiger partial charge on any atom is 0.283 e. The van der Waals surface area contributed by atoms with E-state index in [0.717, 1.165) is 23.4 Å². The molecule has 1 aromatic heterocycles. The van der Waals surface area contributed by atoms with Crippen molar-refractivity contribution in [3.8, 4) is 0 Å². The van der Waals surface area contributed by atoms with E-state index in [4.69, 9.17) is 11.6 Å². The van der Waals surface area contributed by atoms with Crippen molar-refractivity contribution in [3.63, 3.8) is 0 Å². The van der Waals surface area contributed by atoms with E-state index in [1.54, 1.807) is 6.20 Å². The van der Waals surface area contributed by atoms with E-state index < -0.39 is 0 Å². The van der Waals surface area contributed by atoms with Gasteiger partial charge in [0.1, 0.15) is 0 Å². The van der Waals surface area contributed by atoms with Crippen LogP contribution in [0.1, 0.15) is 18.2 Å². The number of halogens is 1. The molecule has 0 aliphatic rings. The summed E-state index contributed by atoms with van der Waals surface area (Å²) < 4.78 is 0. The van der Waals surface area contributed by atoms with E-state index in [0.29, 0.717) is 10.8 Å². The summed E-state index contributed by atoms with van der Waals surface area (Å²) in [5.41, 5.74) is 2.74. The predicted molar refractivity (Wildman–Crippen MR) is 85.4 cm³/mol. The molecule has 5 heteroatoms. The average Bonchev–Trinajstić information content (AvgIpc) is 2.47. The number of nitrogens with zero attached hydrogens (tertiary/aromatic N) is 1. The lowest BCUT2D eigenvalue weighted by molar-refractivity contribution is 0.269. The third-order valence-electron chi connectivity index (χ3n) is 2.75. The Morgan fingerprint density at radius 3 is 2.75 bits per heavy atom. The topological polar surface area (TPSA) is 42.0 Å². The second-order valence-corrected chi connectivity index (χ2v) is 5.56. The zero-order chi connectivity index (χ0) is 14.4. The van der Waals surface area contributed by atoms with Gasteiger partial charge in [-0.15, -0.1) is 0 Å². The van der Waals surface area contributed by atoms with Gasteiger partial charge >= 0.3 is 0 Å². The fourth-order valence-corrected chi connectivity index (χ4v) is 2.51. The number of carbonyl (C=O) groups is 1. The number of anilines is 1. The molecular weight excluding hydrogens is 292 g/mol. The number of nitrogens with one attached hydrogen (secondary N) is 1. The zero-order valence-electron chi connectivity index (χ0n) is 11.1. The summed E-state index contributed by atoms with van der Waals surface area (Å²) in [6, 6.07) is 11.2. The van der Waals surface area contributed by atoms with Crippen LogP contribution in [-0.2, 0) is 12.2 Å². The summed E-state index contributed by atoms with van der Waals surface area (Å²) in [6.45, 7) is 2.01. The van der Waals surface area contributed by atoms with E-state index in [1.807, 2.05) is 43.3 Å². The van der Waals surface area contributed by atoms with Gasteiger partial charge < -0.3 is 5.32 Å². The first-order valence-corrected chi connectivity index (χ1v) is 7.67. The fraction of sp³-hybridized carbons (Fsp3) is 0.200. The van der Waals surface area contributed by atoms with Crippen LogP contribution in [-0.4, -0.2) is 10.2 Å². The van der Waals surface area contributed by atoms with Gasteiger partial charge in [0.05, 0.1) is 11.4 Å². The maximum absolute atomic E-state index is 11.9. The molecule has 0 saturated heterocycles. The zero-order valence-corrected chi connectivity index (χ0v) is 12.7. The van der Waals surface area contributed by atoms with E-state index in [-0.39, 0.29) is 5.24 Å². The third-order valence-corrected chi connectivity index (χ3v) is 3.84. The van der Waals surface area contributed by atoms with Crippen molar-refractivity contribution in [2.24, 2.45) is 0 Å². The Morgan fingerprint density at radius 2 is 2.05 bits per heavy atom. The van der Waals surface area contributed by atoms with Crippen molar-refractivity contribution in [1.29, 1.82) is 0 Å². The summed E-state index contributed by atoms with van der Waals surface area (Å²) in [7, 11) is 0. The number of carbonyl (C=O) groups excluding carboxylic acids is 1. The SMILES string of the molecule is CCc1ncccc1NC(=O)SCc1ccc(Cl)cc1. The molecule has 0 unspecified atom stereocenters. The van der Waals surface area contributed by atoms with Crippen molar-refractivity contribution in [3.05, 3.63) is 58.9 Å². The predicted octanol–water partition coefficient (Wildman–Crippen LogP) is 4.76. The molecule has 0 fully saturated rings. The van der Waals surface area contributed by atoms with Gasteiger partial charge in [0.2, 0.25) is 0 Å². The standard InChI is InChI=1S/C15H15ClN2OS/c1-2-13-14(4-3-9-17-13)18-15(19)20-10-11-5-7-12(16)8-6-11/h3-9H,2,10H2,1H3,(H,18,19). The Bertz CT molecular complexity index is 587. The summed E-state index contributed by atoms with van der Waals surface area (Å²) in [5.74, 6) is 0.616. The van der Waals surface area contributed by atoms with Crippen LogP contribution >= 0.6 is 23.4 Å². The van der Waals surface area contributed by atoms with Crippen LogP contribution in [0.5, 0.6) is 0 Å². The smallest absolute Gasteiger partial charge is 0.283 e. The van der Waals surface area contributed by atoms with Crippen molar-refractivity contribution >= 4 is 34.3 Å². The lowest BCUT2D eigenvalue weighted by atomic mass is 10.2. The molecule has 0 saturated carbocycles. The Kier molecular flexibility index (Phi) is 5.44. The average molecular weight is 307 g/mol. The monoisotopic (exact) mass is 306 g/mol. The summed E-state index contributed by atoms with van der Waals surface area (Å²) in [5, 5.41) is 3.50. The lowest BCUT2D eigenvalue weighted by Crippen LogP contribution is -2.08. The molecule has 0 aliphatic heterocycles. The van der Waals surface area contributed by atoms with Crippen LogP contribution in [0, 0.1) is 0 Å². The highest BCUT2D eigenvalue weighted by atomic mass is 35.5. The van der Waals surface area contributed by atoms with Gasteiger partial charge in [-0.05, 0) is 36.2 Å². The first-order chi connectivity index (χ1) is 9.69. The molecule has 2 aromatic rings. The highest BCUT2D eigenvalue weighted by molar-refractivity contribution is 8.13. The van der Waals surface area contributed by atoms with Crippen molar-refractivity contribution in [2.45, 2.75) is 19.1 Å². The second-order valence-electron chi connectivity index (χ2n) is 4.18. The number of rotatable bonds is 4. The van der Waals surface area contributed by atoms with E-state index in [9.17, 15) is 4.79 Å². The van der Waals surface area contributed by atoms with Crippen LogP contribution in [0.25, 0.3) is 0 Å². The summed E-state index contributed by atoms with van der Waals surface area (Å²) in [4.78, 5) is 16.2. The molecule has 1 aromatic carbocycles. The van der Waals surface area contributed by atoms with Crippen LogP contribution < -0.4 is 5.32 Å². The third kappa shape index (κ3) is 4.25. The van der Waals surface area contributed by atoms with Crippen LogP contribution in [0.3, 0.4) is 0 Å². The lowest BCUT2D eigenvalue weighted by Gasteiger charge is -2.08. The molecule has 0 bridgehead atoms. The number of thioether (sulfide) groups is 1. The second kappa shape index (κ2) is 7.31. The number of hydrogen-bond acceptors (Lipinski definition) is 3. The van der Waals surface area contributed by atoms with Gasteiger partial charge in [0, 0.05) is 17.0 Å². The van der Waals surface area contributed by atoms with E-state index in [2.05, 4.69) is 10.3 Å². The van der Waals surface area contributed by atoms with Gasteiger partial charge in [-0.2, -0.15) is 0 Å². The molecule has 1 amide bonds. The molecule has 0 aliphatic carbocycles. The first kappa shape index (κ1) is 14.9. The molecular formula is C15H15ClN2OS.